The number of amides is 2. The summed E-state index contributed by atoms with van der Waals surface area (Å²) >= 11 is 0. The lowest BCUT2D eigenvalue weighted by molar-refractivity contribution is 0.231. The van der Waals surface area contributed by atoms with Crippen molar-refractivity contribution in [3.8, 4) is 0 Å². The first-order valence-corrected chi connectivity index (χ1v) is 3.51. The molecule has 3 heteroatoms. The molecular formula is C7H16N2O. The van der Waals surface area contributed by atoms with Crippen LogP contribution in [0, 0.1) is 0 Å². The molecule has 0 aliphatic heterocycles. The zero-order valence-corrected chi connectivity index (χ0v) is 7.12. The predicted molar refractivity (Wildman–Crippen MR) is 42.0 cm³/mol. The summed E-state index contributed by atoms with van der Waals surface area (Å²) < 4.78 is 0. The highest BCUT2D eigenvalue weighted by Crippen LogP contribution is 2.05. The summed E-state index contributed by atoms with van der Waals surface area (Å²) in [6.07, 6.45) is 0.931. The van der Waals surface area contributed by atoms with E-state index >= 15 is 0 Å². The van der Waals surface area contributed by atoms with Gasteiger partial charge in [0.15, 0.2) is 0 Å². The van der Waals surface area contributed by atoms with E-state index < -0.39 is 0 Å². The topological polar surface area (TPSA) is 41.1 Å². The van der Waals surface area contributed by atoms with Gasteiger partial charge in [-0.15, -0.1) is 0 Å². The molecule has 0 atom stereocenters. The van der Waals surface area contributed by atoms with Gasteiger partial charge >= 0.3 is 6.03 Å². The molecule has 0 radical (unpaired) electrons. The van der Waals surface area contributed by atoms with Crippen molar-refractivity contribution in [3.05, 3.63) is 0 Å². The van der Waals surface area contributed by atoms with Crippen molar-refractivity contribution < 1.29 is 4.79 Å². The van der Waals surface area contributed by atoms with Crippen LogP contribution < -0.4 is 10.6 Å². The quantitative estimate of drug-likeness (QED) is 0.598. The molecular weight excluding hydrogens is 128 g/mol. The van der Waals surface area contributed by atoms with Gasteiger partial charge in [-0.1, -0.05) is 6.92 Å². The van der Waals surface area contributed by atoms with Crippen molar-refractivity contribution in [2.45, 2.75) is 32.7 Å². The standard InChI is InChI=1S/C7H16N2O/c1-5-7(2,3)9-6(10)8-4/h5H2,1-4H3,(H2,8,9,10). The highest BCUT2D eigenvalue weighted by Gasteiger charge is 2.15. The van der Waals surface area contributed by atoms with Crippen molar-refractivity contribution >= 4 is 6.03 Å². The Morgan fingerprint density at radius 2 is 2.00 bits per heavy atom. The lowest BCUT2D eigenvalue weighted by atomic mass is 10.0. The molecule has 0 aliphatic rings. The van der Waals surface area contributed by atoms with Gasteiger partial charge in [0.1, 0.15) is 0 Å². The SMILES string of the molecule is CCC(C)(C)NC(=O)NC. The first-order valence-electron chi connectivity index (χ1n) is 3.51. The summed E-state index contributed by atoms with van der Waals surface area (Å²) in [5.74, 6) is 0. The second-order valence-corrected chi connectivity index (χ2v) is 2.94. The van der Waals surface area contributed by atoms with E-state index in [-0.39, 0.29) is 11.6 Å². The molecule has 10 heavy (non-hydrogen) atoms. The summed E-state index contributed by atoms with van der Waals surface area (Å²) in [6, 6.07) is -0.119. The fourth-order valence-electron chi connectivity index (χ4n) is 0.458. The van der Waals surface area contributed by atoms with E-state index in [1.165, 1.54) is 0 Å². The number of nitrogens with one attached hydrogen (secondary N) is 2. The van der Waals surface area contributed by atoms with Crippen molar-refractivity contribution in [2.75, 3.05) is 7.05 Å². The van der Waals surface area contributed by atoms with Crippen molar-refractivity contribution in [1.29, 1.82) is 0 Å². The molecule has 0 aliphatic carbocycles. The summed E-state index contributed by atoms with van der Waals surface area (Å²) in [7, 11) is 1.61. The van der Waals surface area contributed by atoms with Crippen LogP contribution in [-0.2, 0) is 0 Å². The van der Waals surface area contributed by atoms with Crippen molar-refractivity contribution in [3.63, 3.8) is 0 Å². The minimum absolute atomic E-state index is 0.0971. The average molecular weight is 144 g/mol. The van der Waals surface area contributed by atoms with Crippen LogP contribution in [0.5, 0.6) is 0 Å². The van der Waals surface area contributed by atoms with Crippen molar-refractivity contribution in [2.24, 2.45) is 0 Å². The zero-order valence-electron chi connectivity index (χ0n) is 7.12. The maximum atomic E-state index is 10.8. The van der Waals surface area contributed by atoms with Crippen LogP contribution in [0.15, 0.2) is 0 Å². The molecule has 60 valence electrons. The zero-order chi connectivity index (χ0) is 8.20. The lowest BCUT2D eigenvalue weighted by Gasteiger charge is -2.23. The third kappa shape index (κ3) is 3.33. The second-order valence-electron chi connectivity index (χ2n) is 2.94. The van der Waals surface area contributed by atoms with Crippen LogP contribution >= 0.6 is 0 Å². The van der Waals surface area contributed by atoms with Gasteiger partial charge in [0.05, 0.1) is 0 Å². The van der Waals surface area contributed by atoms with E-state index in [0.29, 0.717) is 0 Å². The summed E-state index contributed by atoms with van der Waals surface area (Å²) in [5.41, 5.74) is -0.0971. The van der Waals surface area contributed by atoms with Gasteiger partial charge < -0.3 is 10.6 Å². The smallest absolute Gasteiger partial charge is 0.314 e. The minimum atomic E-state index is -0.119. The maximum Gasteiger partial charge on any atom is 0.314 e. The third-order valence-electron chi connectivity index (χ3n) is 1.56. The summed E-state index contributed by atoms with van der Waals surface area (Å²) in [5, 5.41) is 5.31. The van der Waals surface area contributed by atoms with Gasteiger partial charge in [-0.2, -0.15) is 0 Å². The van der Waals surface area contributed by atoms with Gasteiger partial charge in [0.2, 0.25) is 0 Å². The molecule has 0 aromatic rings. The Balaban J connectivity index is 3.76. The highest BCUT2D eigenvalue weighted by atomic mass is 16.2. The Bertz CT molecular complexity index is 121. The first kappa shape index (κ1) is 9.27. The fourth-order valence-corrected chi connectivity index (χ4v) is 0.458. The molecule has 0 heterocycles. The van der Waals surface area contributed by atoms with Gasteiger partial charge in [0.25, 0.3) is 0 Å². The molecule has 0 aromatic heterocycles. The normalized spacial score (nSPS) is 10.8. The number of carbonyl (C=O) groups excluding carboxylic acids is 1. The molecule has 0 spiro atoms. The van der Waals surface area contributed by atoms with Crippen molar-refractivity contribution in [1.82, 2.24) is 10.6 Å². The van der Waals surface area contributed by atoms with Crippen LogP contribution in [0.25, 0.3) is 0 Å². The Morgan fingerprint density at radius 3 is 2.30 bits per heavy atom. The average Bonchev–Trinajstić information content (AvgIpc) is 1.87. The van der Waals surface area contributed by atoms with Gasteiger partial charge in [0, 0.05) is 12.6 Å². The van der Waals surface area contributed by atoms with E-state index in [0.717, 1.165) is 6.42 Å². The van der Waals surface area contributed by atoms with Crippen LogP contribution in [-0.4, -0.2) is 18.6 Å². The van der Waals surface area contributed by atoms with E-state index in [1.54, 1.807) is 7.05 Å². The number of rotatable bonds is 2. The number of hydrogen-bond acceptors (Lipinski definition) is 1. The Morgan fingerprint density at radius 1 is 1.50 bits per heavy atom. The van der Waals surface area contributed by atoms with Crippen LogP contribution in [0.1, 0.15) is 27.2 Å². The second kappa shape index (κ2) is 3.44. The Labute approximate surface area is 62.2 Å². The Kier molecular flexibility index (Phi) is 3.19. The molecule has 0 unspecified atom stereocenters. The molecule has 0 saturated carbocycles. The molecule has 0 saturated heterocycles. The van der Waals surface area contributed by atoms with Crippen LogP contribution in [0.3, 0.4) is 0 Å². The third-order valence-corrected chi connectivity index (χ3v) is 1.56. The molecule has 2 N–H and O–H groups in total. The maximum absolute atomic E-state index is 10.8. The highest BCUT2D eigenvalue weighted by molar-refractivity contribution is 5.74. The van der Waals surface area contributed by atoms with Gasteiger partial charge in [-0.05, 0) is 20.3 Å². The van der Waals surface area contributed by atoms with Crippen LogP contribution in [0.4, 0.5) is 4.79 Å². The number of urea groups is 1. The van der Waals surface area contributed by atoms with Crippen LogP contribution in [0.2, 0.25) is 0 Å². The number of carbonyl (C=O) groups is 1. The summed E-state index contributed by atoms with van der Waals surface area (Å²) in [6.45, 7) is 6.01. The van der Waals surface area contributed by atoms with Gasteiger partial charge in [-0.3, -0.25) is 0 Å². The molecule has 0 aromatic carbocycles. The minimum Gasteiger partial charge on any atom is -0.341 e. The Hall–Kier alpha value is -0.730. The molecule has 0 bridgehead atoms. The fraction of sp³-hybridized carbons (Fsp3) is 0.857. The molecule has 3 nitrogen and oxygen atoms in total. The largest absolute Gasteiger partial charge is 0.341 e. The van der Waals surface area contributed by atoms with Gasteiger partial charge in [-0.25, -0.2) is 4.79 Å². The van der Waals surface area contributed by atoms with E-state index in [2.05, 4.69) is 10.6 Å². The first-order chi connectivity index (χ1) is 4.52. The van der Waals surface area contributed by atoms with E-state index in [4.69, 9.17) is 0 Å². The predicted octanol–water partition coefficient (Wildman–Crippen LogP) is 1.10. The lowest BCUT2D eigenvalue weighted by Crippen LogP contribution is -2.46. The molecule has 2 amide bonds. The molecule has 0 rings (SSSR count). The monoisotopic (exact) mass is 144 g/mol. The molecule has 0 fully saturated rings. The number of hydrogen-bond donors (Lipinski definition) is 2. The summed E-state index contributed by atoms with van der Waals surface area (Å²) in [4.78, 5) is 10.8. The van der Waals surface area contributed by atoms with E-state index in [1.807, 2.05) is 20.8 Å². The van der Waals surface area contributed by atoms with E-state index in [9.17, 15) is 4.79 Å².